The highest BCUT2D eigenvalue weighted by Gasteiger charge is 2.97. The van der Waals surface area contributed by atoms with Crippen molar-refractivity contribution in [3.8, 4) is 0 Å². The molecule has 2 rings (SSSR count). The number of sulfone groups is 1. The lowest BCUT2D eigenvalue weighted by molar-refractivity contribution is -0.381. The van der Waals surface area contributed by atoms with E-state index in [9.17, 15) is 78.7 Å². The van der Waals surface area contributed by atoms with Crippen molar-refractivity contribution in [3.63, 3.8) is 0 Å². The van der Waals surface area contributed by atoms with Gasteiger partial charge in [-0.25, -0.2) is 26.0 Å². The second-order valence-corrected chi connectivity index (χ2v) is 9.74. The molecule has 0 spiro atoms. The highest BCUT2D eigenvalue weighted by atomic mass is 32.2. The fourth-order valence-electron chi connectivity index (χ4n) is 3.27. The van der Waals surface area contributed by atoms with Crippen LogP contribution < -0.4 is 11.5 Å². The zero-order chi connectivity index (χ0) is 26.9. The summed E-state index contributed by atoms with van der Waals surface area (Å²) in [7, 11) is -8.68. The predicted molar refractivity (Wildman–Crippen MR) is 71.6 cm³/mol. The average molecular weight is 548 g/mol. The Morgan fingerprint density at radius 2 is 0.667 bits per heavy atom. The minimum Gasteiger partial charge on any atom is -0.288 e. The molecular formula is C12H8F16N2O2S. The van der Waals surface area contributed by atoms with E-state index in [1.54, 1.807) is 0 Å². The Bertz CT molecular complexity index is 893. The number of hydrogen-bond acceptors (Lipinski definition) is 4. The summed E-state index contributed by atoms with van der Waals surface area (Å²) in [5.74, 6) is -55.6. The maximum Gasteiger partial charge on any atom is 0.362 e. The number of halogens is 16. The Hall–Kier alpha value is -1.25. The van der Waals surface area contributed by atoms with Gasteiger partial charge in [0.05, 0.1) is 12.8 Å². The first-order chi connectivity index (χ1) is 13.9. The van der Waals surface area contributed by atoms with Crippen molar-refractivity contribution in [2.75, 3.05) is 0 Å². The van der Waals surface area contributed by atoms with E-state index >= 15 is 0 Å². The monoisotopic (exact) mass is 548 g/mol. The molecule has 0 aliphatic heterocycles. The first kappa shape index (κ1) is 28.0. The second-order valence-electron chi connectivity index (χ2n) is 7.44. The van der Waals surface area contributed by atoms with Crippen molar-refractivity contribution in [3.05, 3.63) is 0 Å². The molecule has 0 aromatic rings. The van der Waals surface area contributed by atoms with Gasteiger partial charge in [0.2, 0.25) is 9.84 Å². The van der Waals surface area contributed by atoms with Crippen molar-refractivity contribution in [1.82, 2.24) is 0 Å². The molecule has 4 N–H and O–H groups in total. The van der Waals surface area contributed by atoms with Crippen molar-refractivity contribution in [2.24, 2.45) is 11.5 Å². The van der Waals surface area contributed by atoms with Gasteiger partial charge in [-0.2, -0.15) is 52.7 Å². The normalized spacial score (nSPS) is 45.4. The van der Waals surface area contributed by atoms with Gasteiger partial charge in [-0.15, -0.1) is 0 Å². The molecule has 2 aliphatic carbocycles. The van der Waals surface area contributed by atoms with Gasteiger partial charge < -0.3 is 0 Å². The Morgan fingerprint density at radius 3 is 0.879 bits per heavy atom. The standard InChI is InChI=1S/C12H8F16N2O2S/c13-3(14)1-5(17,9(23,24)11(27,29)7(3,19)20)33(31,32)6(18)2-4(15,16)8(21,22)12(28,30)10(6,25)26/h1-2,29-30H2. The van der Waals surface area contributed by atoms with Crippen molar-refractivity contribution < 1.29 is 78.7 Å². The molecule has 196 valence electrons. The molecule has 0 saturated heterocycles. The summed E-state index contributed by atoms with van der Waals surface area (Å²) in [6.07, 6.45) is -8.61. The molecule has 0 heterocycles. The molecule has 2 fully saturated rings. The minimum atomic E-state index is -8.68. The third-order valence-corrected chi connectivity index (χ3v) is 7.94. The van der Waals surface area contributed by atoms with Crippen LogP contribution in [0.5, 0.6) is 0 Å². The van der Waals surface area contributed by atoms with Crippen molar-refractivity contribution in [1.29, 1.82) is 0 Å². The lowest BCUT2D eigenvalue weighted by Crippen LogP contribution is -2.86. The van der Waals surface area contributed by atoms with Crippen LogP contribution in [0.15, 0.2) is 0 Å². The SMILES string of the molecule is NC1(F)C(F)(F)C(F)(F)CC(F)(S(=O)(=O)C2(F)CC(F)(F)C(F)(F)C(N)(F)C2(F)F)C1(F)F. The topological polar surface area (TPSA) is 86.2 Å². The average Bonchev–Trinajstić information content (AvgIpc) is 2.57. The quantitative estimate of drug-likeness (QED) is 0.408. The third kappa shape index (κ3) is 2.50. The highest BCUT2D eigenvalue weighted by molar-refractivity contribution is 7.94. The van der Waals surface area contributed by atoms with Gasteiger partial charge in [0.25, 0.3) is 21.6 Å². The first-order valence-electron chi connectivity index (χ1n) is 7.76. The van der Waals surface area contributed by atoms with Crippen LogP contribution in [0.3, 0.4) is 0 Å². The maximum absolute atomic E-state index is 14.9. The molecule has 4 unspecified atom stereocenters. The van der Waals surface area contributed by atoms with Crippen molar-refractivity contribution >= 4 is 9.84 Å². The predicted octanol–water partition coefficient (Wildman–Crippen LogP) is 3.60. The zero-order valence-electron chi connectivity index (χ0n) is 14.8. The first-order valence-corrected chi connectivity index (χ1v) is 9.24. The minimum absolute atomic E-state index is 3.64. The van der Waals surface area contributed by atoms with Crippen molar-refractivity contribution in [2.45, 2.75) is 70.0 Å². The summed E-state index contributed by atoms with van der Waals surface area (Å²) in [5, 5.41) is -14.1. The summed E-state index contributed by atoms with van der Waals surface area (Å²) < 4.78 is 246. The molecular weight excluding hydrogens is 540 g/mol. The van der Waals surface area contributed by atoms with Crippen LogP contribution in [0.25, 0.3) is 0 Å². The van der Waals surface area contributed by atoms with Crippen LogP contribution in [0.1, 0.15) is 12.8 Å². The van der Waals surface area contributed by atoms with E-state index in [0.29, 0.717) is 0 Å². The number of alkyl halides is 16. The van der Waals surface area contributed by atoms with E-state index in [4.69, 9.17) is 0 Å². The molecule has 33 heavy (non-hydrogen) atoms. The molecule has 0 aromatic carbocycles. The van der Waals surface area contributed by atoms with Crippen LogP contribution >= 0.6 is 0 Å². The van der Waals surface area contributed by atoms with Gasteiger partial charge in [0, 0.05) is 0 Å². The molecule has 0 radical (unpaired) electrons. The summed E-state index contributed by atoms with van der Waals surface area (Å²) in [6.45, 7) is 0. The van der Waals surface area contributed by atoms with Crippen LogP contribution in [0.4, 0.5) is 70.2 Å². The lowest BCUT2D eigenvalue weighted by atomic mass is 9.80. The zero-order valence-corrected chi connectivity index (χ0v) is 15.7. The largest absolute Gasteiger partial charge is 0.362 e. The molecule has 2 aliphatic rings. The van der Waals surface area contributed by atoms with Gasteiger partial charge in [-0.05, 0) is 0 Å². The molecule has 2 saturated carbocycles. The van der Waals surface area contributed by atoms with E-state index in [-0.39, 0.29) is 0 Å². The number of nitrogens with two attached hydrogens (primary N) is 2. The molecule has 4 nitrogen and oxygen atoms in total. The lowest BCUT2D eigenvalue weighted by Gasteiger charge is -2.54. The number of hydrogen-bond donors (Lipinski definition) is 2. The molecule has 0 amide bonds. The summed E-state index contributed by atoms with van der Waals surface area (Å²) in [6, 6.07) is 0. The van der Waals surface area contributed by atoms with E-state index in [0.717, 1.165) is 0 Å². The van der Waals surface area contributed by atoms with Crippen LogP contribution in [-0.4, -0.2) is 65.5 Å². The van der Waals surface area contributed by atoms with Gasteiger partial charge in [-0.1, -0.05) is 0 Å². The maximum atomic E-state index is 14.9. The second kappa shape index (κ2) is 6.11. The number of rotatable bonds is 2. The summed E-state index contributed by atoms with van der Waals surface area (Å²) in [4.78, 5) is 0. The third-order valence-electron chi connectivity index (χ3n) is 5.43. The van der Waals surface area contributed by atoms with E-state index in [2.05, 4.69) is 11.5 Å². The van der Waals surface area contributed by atoms with Crippen LogP contribution in [0.2, 0.25) is 0 Å². The Balaban J connectivity index is 2.95. The van der Waals surface area contributed by atoms with Gasteiger partial charge in [0.15, 0.2) is 0 Å². The molecule has 0 aromatic heterocycles. The summed E-state index contributed by atoms with van der Waals surface area (Å²) in [5.41, 5.74) is 7.29. The van der Waals surface area contributed by atoms with Gasteiger partial charge in [-0.3, -0.25) is 11.5 Å². The van der Waals surface area contributed by atoms with Gasteiger partial charge >= 0.3 is 35.5 Å². The van der Waals surface area contributed by atoms with Crippen LogP contribution in [0, 0.1) is 0 Å². The molecule has 4 atom stereocenters. The molecule has 21 heteroatoms. The Morgan fingerprint density at radius 1 is 0.455 bits per heavy atom. The van der Waals surface area contributed by atoms with E-state index in [1.807, 2.05) is 0 Å². The fourth-order valence-corrected chi connectivity index (χ4v) is 5.50. The van der Waals surface area contributed by atoms with E-state index in [1.165, 1.54) is 0 Å². The molecule has 0 bridgehead atoms. The fraction of sp³-hybridized carbons (Fsp3) is 1.00. The summed E-state index contributed by atoms with van der Waals surface area (Å²) >= 11 is 0. The van der Waals surface area contributed by atoms with Crippen LogP contribution in [-0.2, 0) is 9.84 Å². The Labute approximate surface area is 171 Å². The van der Waals surface area contributed by atoms with Gasteiger partial charge in [0.1, 0.15) is 0 Å². The smallest absolute Gasteiger partial charge is 0.288 e. The Kier molecular flexibility index (Phi) is 5.18. The highest BCUT2D eigenvalue weighted by Crippen LogP contribution is 2.69. The van der Waals surface area contributed by atoms with E-state index < -0.39 is 79.8 Å².